The van der Waals surface area contributed by atoms with E-state index in [1.165, 1.54) is 35.2 Å². The Bertz CT molecular complexity index is 907. The van der Waals surface area contributed by atoms with Gasteiger partial charge in [0.05, 0.1) is 5.56 Å². The van der Waals surface area contributed by atoms with Crippen LogP contribution < -0.4 is 4.90 Å². The predicted octanol–water partition coefficient (Wildman–Crippen LogP) is 6.84. The molecule has 1 aliphatic rings. The Morgan fingerprint density at radius 2 is 1.52 bits per heavy atom. The number of nitrogens with zero attached hydrogens (tertiary/aromatic N) is 1. The molecule has 29 heavy (non-hydrogen) atoms. The second-order valence-electron chi connectivity index (χ2n) is 10.3. The van der Waals surface area contributed by atoms with E-state index in [1.807, 2.05) is 12.1 Å². The Labute approximate surface area is 175 Å². The van der Waals surface area contributed by atoms with Crippen LogP contribution in [0.1, 0.15) is 81.4 Å². The van der Waals surface area contributed by atoms with Gasteiger partial charge in [-0.3, -0.25) is 0 Å². The molecule has 0 atom stereocenters. The first kappa shape index (κ1) is 21.4. The van der Waals surface area contributed by atoms with E-state index < -0.39 is 5.97 Å². The quantitative estimate of drug-likeness (QED) is 0.605. The molecular weight excluding hydrogens is 358 g/mol. The third kappa shape index (κ3) is 4.19. The maximum absolute atomic E-state index is 11.3. The molecule has 0 saturated carbocycles. The van der Waals surface area contributed by atoms with Gasteiger partial charge < -0.3 is 10.0 Å². The maximum Gasteiger partial charge on any atom is 0.335 e. The van der Waals surface area contributed by atoms with Crippen molar-refractivity contribution >= 4 is 17.3 Å². The summed E-state index contributed by atoms with van der Waals surface area (Å²) in [7, 11) is 0. The summed E-state index contributed by atoms with van der Waals surface area (Å²) in [4.78, 5) is 13.6. The van der Waals surface area contributed by atoms with Crippen LogP contribution in [-0.2, 0) is 10.8 Å². The molecule has 3 rings (SSSR count). The number of benzene rings is 2. The van der Waals surface area contributed by atoms with Crippen molar-refractivity contribution in [3.8, 4) is 0 Å². The number of carboxylic acid groups (broad SMARTS) is 1. The summed E-state index contributed by atoms with van der Waals surface area (Å²) in [6, 6.07) is 12.1. The Kier molecular flexibility index (Phi) is 5.55. The third-order valence-corrected chi connectivity index (χ3v) is 6.43. The zero-order chi connectivity index (χ0) is 21.6. The molecular formula is C26H35NO2. The predicted molar refractivity (Wildman–Crippen MR) is 122 cm³/mol. The van der Waals surface area contributed by atoms with Gasteiger partial charge >= 0.3 is 5.97 Å². The van der Waals surface area contributed by atoms with Crippen LogP contribution in [0, 0.1) is 12.8 Å². The number of aromatic carboxylic acids is 1. The topological polar surface area (TPSA) is 40.5 Å². The SMILES string of the molecule is Cc1cc2c(cc1N(CC(C)C)c1ccc(C(=O)O)cc1)C(C)(C)CCC2(C)C. The molecule has 0 fully saturated rings. The highest BCUT2D eigenvalue weighted by Gasteiger charge is 2.37. The molecule has 0 amide bonds. The van der Waals surface area contributed by atoms with E-state index in [-0.39, 0.29) is 10.8 Å². The van der Waals surface area contributed by atoms with Gasteiger partial charge in [0.25, 0.3) is 0 Å². The molecule has 156 valence electrons. The van der Waals surface area contributed by atoms with Crippen LogP contribution in [0.2, 0.25) is 0 Å². The lowest BCUT2D eigenvalue weighted by Gasteiger charge is -2.43. The third-order valence-electron chi connectivity index (χ3n) is 6.43. The lowest BCUT2D eigenvalue weighted by atomic mass is 9.63. The molecule has 2 aromatic carbocycles. The van der Waals surface area contributed by atoms with E-state index in [2.05, 4.69) is 65.5 Å². The van der Waals surface area contributed by atoms with Crippen molar-refractivity contribution in [1.29, 1.82) is 0 Å². The van der Waals surface area contributed by atoms with Gasteiger partial charge in [0.15, 0.2) is 0 Å². The lowest BCUT2D eigenvalue weighted by Crippen LogP contribution is -2.34. The van der Waals surface area contributed by atoms with Crippen LogP contribution in [0.3, 0.4) is 0 Å². The van der Waals surface area contributed by atoms with Crippen LogP contribution in [0.15, 0.2) is 36.4 Å². The minimum absolute atomic E-state index is 0.157. The molecule has 0 heterocycles. The number of anilines is 2. The number of hydrogen-bond acceptors (Lipinski definition) is 2. The monoisotopic (exact) mass is 393 g/mol. The van der Waals surface area contributed by atoms with Crippen molar-refractivity contribution in [2.45, 2.75) is 72.1 Å². The first-order chi connectivity index (χ1) is 13.4. The largest absolute Gasteiger partial charge is 0.478 e. The summed E-state index contributed by atoms with van der Waals surface area (Å²) < 4.78 is 0. The molecule has 3 heteroatoms. The molecule has 0 spiro atoms. The van der Waals surface area contributed by atoms with E-state index in [9.17, 15) is 9.90 Å². The van der Waals surface area contributed by atoms with Gasteiger partial charge in [0.1, 0.15) is 0 Å². The number of carboxylic acids is 1. The molecule has 0 aliphatic heterocycles. The smallest absolute Gasteiger partial charge is 0.335 e. The highest BCUT2D eigenvalue weighted by Crippen LogP contribution is 2.48. The molecule has 2 aromatic rings. The average Bonchev–Trinajstić information content (AvgIpc) is 2.63. The molecule has 0 radical (unpaired) electrons. The fourth-order valence-electron chi connectivity index (χ4n) is 4.49. The zero-order valence-corrected chi connectivity index (χ0v) is 19.0. The number of carbonyl (C=O) groups is 1. The van der Waals surface area contributed by atoms with Gasteiger partial charge in [0, 0.05) is 17.9 Å². The van der Waals surface area contributed by atoms with Gasteiger partial charge in [-0.15, -0.1) is 0 Å². The maximum atomic E-state index is 11.3. The Hall–Kier alpha value is -2.29. The van der Waals surface area contributed by atoms with Crippen molar-refractivity contribution in [1.82, 2.24) is 0 Å². The van der Waals surface area contributed by atoms with E-state index in [0.29, 0.717) is 11.5 Å². The highest BCUT2D eigenvalue weighted by atomic mass is 16.4. The number of aryl methyl sites for hydroxylation is 1. The summed E-state index contributed by atoms with van der Waals surface area (Å²) in [5.74, 6) is -0.407. The zero-order valence-electron chi connectivity index (χ0n) is 19.0. The Morgan fingerprint density at radius 3 is 2.00 bits per heavy atom. The van der Waals surface area contributed by atoms with E-state index in [0.717, 1.165) is 12.2 Å². The molecule has 0 bridgehead atoms. The van der Waals surface area contributed by atoms with Crippen molar-refractivity contribution in [3.63, 3.8) is 0 Å². The standard InChI is InChI=1S/C26H35NO2/c1-17(2)16-27(20-10-8-19(9-11-20)24(28)29)23-15-22-21(14-18(23)3)25(4,5)12-13-26(22,6)7/h8-11,14-15,17H,12-13,16H2,1-7H3,(H,28,29). The van der Waals surface area contributed by atoms with Gasteiger partial charge in [-0.2, -0.15) is 0 Å². The van der Waals surface area contributed by atoms with Gasteiger partial charge in [-0.25, -0.2) is 4.79 Å². The van der Waals surface area contributed by atoms with Gasteiger partial charge in [-0.1, -0.05) is 47.6 Å². The number of hydrogen-bond donors (Lipinski definition) is 1. The van der Waals surface area contributed by atoms with E-state index in [1.54, 1.807) is 12.1 Å². The van der Waals surface area contributed by atoms with Crippen LogP contribution in [0.5, 0.6) is 0 Å². The van der Waals surface area contributed by atoms with E-state index in [4.69, 9.17) is 0 Å². The summed E-state index contributed by atoms with van der Waals surface area (Å²) >= 11 is 0. The fraction of sp³-hybridized carbons (Fsp3) is 0.500. The van der Waals surface area contributed by atoms with Gasteiger partial charge in [0.2, 0.25) is 0 Å². The highest BCUT2D eigenvalue weighted by molar-refractivity contribution is 5.88. The number of fused-ring (bicyclic) bond motifs is 1. The van der Waals surface area contributed by atoms with Crippen molar-refractivity contribution < 1.29 is 9.90 Å². The minimum Gasteiger partial charge on any atom is -0.478 e. The summed E-state index contributed by atoms with van der Waals surface area (Å²) in [5, 5.41) is 9.25. The van der Waals surface area contributed by atoms with Crippen molar-refractivity contribution in [2.75, 3.05) is 11.4 Å². The summed E-state index contributed by atoms with van der Waals surface area (Å²) in [5.41, 5.74) is 7.14. The van der Waals surface area contributed by atoms with Crippen molar-refractivity contribution in [3.05, 3.63) is 58.7 Å². The Morgan fingerprint density at radius 1 is 1.00 bits per heavy atom. The molecule has 0 saturated heterocycles. The molecule has 0 aromatic heterocycles. The Balaban J connectivity index is 2.15. The molecule has 1 N–H and O–H groups in total. The van der Waals surface area contributed by atoms with Crippen LogP contribution >= 0.6 is 0 Å². The lowest BCUT2D eigenvalue weighted by molar-refractivity contribution is 0.0697. The summed E-state index contributed by atoms with van der Waals surface area (Å²) in [6.45, 7) is 17.0. The van der Waals surface area contributed by atoms with Crippen LogP contribution in [0.25, 0.3) is 0 Å². The molecule has 3 nitrogen and oxygen atoms in total. The van der Waals surface area contributed by atoms with Crippen molar-refractivity contribution in [2.24, 2.45) is 5.92 Å². The minimum atomic E-state index is -0.888. The molecule has 1 aliphatic carbocycles. The van der Waals surface area contributed by atoms with Gasteiger partial charge in [-0.05, 0) is 83.5 Å². The average molecular weight is 394 g/mol. The van der Waals surface area contributed by atoms with E-state index >= 15 is 0 Å². The first-order valence-electron chi connectivity index (χ1n) is 10.7. The van der Waals surface area contributed by atoms with Crippen LogP contribution in [-0.4, -0.2) is 17.6 Å². The number of rotatable bonds is 5. The molecule has 0 unspecified atom stereocenters. The second-order valence-corrected chi connectivity index (χ2v) is 10.3. The first-order valence-corrected chi connectivity index (χ1v) is 10.7. The van der Waals surface area contributed by atoms with Crippen LogP contribution in [0.4, 0.5) is 11.4 Å². The normalized spacial score (nSPS) is 17.1. The second kappa shape index (κ2) is 7.51. The summed E-state index contributed by atoms with van der Waals surface area (Å²) in [6.07, 6.45) is 2.39. The fourth-order valence-corrected chi connectivity index (χ4v) is 4.49.